The molecule has 1 fully saturated rings. The molecular weight excluding hydrogens is 456 g/mol. The zero-order valence-electron chi connectivity index (χ0n) is 21.6. The Kier molecular flexibility index (Phi) is 7.94. The van der Waals surface area contributed by atoms with Crippen molar-refractivity contribution in [2.24, 2.45) is 0 Å². The maximum atomic E-state index is 13.4. The summed E-state index contributed by atoms with van der Waals surface area (Å²) in [4.78, 5) is 44.0. The van der Waals surface area contributed by atoms with Crippen molar-refractivity contribution in [3.63, 3.8) is 0 Å². The van der Waals surface area contributed by atoms with Crippen molar-refractivity contribution in [2.45, 2.75) is 51.3 Å². The van der Waals surface area contributed by atoms with Crippen LogP contribution in [-0.2, 0) is 22.5 Å². The topological polar surface area (TPSA) is 82.2 Å². The number of ether oxygens (including phenoxy) is 1. The Hall–Kier alpha value is -3.39. The van der Waals surface area contributed by atoms with Crippen LogP contribution in [0.15, 0.2) is 42.5 Å². The summed E-state index contributed by atoms with van der Waals surface area (Å²) in [6.45, 7) is 3.33. The molecule has 8 nitrogen and oxygen atoms in total. The zero-order valence-corrected chi connectivity index (χ0v) is 21.6. The van der Waals surface area contributed by atoms with Gasteiger partial charge in [0.2, 0.25) is 5.91 Å². The second-order valence-corrected chi connectivity index (χ2v) is 9.84. The Morgan fingerprint density at radius 2 is 1.89 bits per heavy atom. The molecule has 0 aromatic heterocycles. The molecule has 0 bridgehead atoms. The molecule has 1 N–H and O–H groups in total. The van der Waals surface area contributed by atoms with Crippen molar-refractivity contribution in [1.82, 2.24) is 15.1 Å². The van der Waals surface area contributed by atoms with Crippen molar-refractivity contribution in [2.75, 3.05) is 39.2 Å². The highest BCUT2D eigenvalue weighted by Crippen LogP contribution is 2.28. The lowest BCUT2D eigenvalue weighted by Crippen LogP contribution is -2.49. The summed E-state index contributed by atoms with van der Waals surface area (Å²) >= 11 is 0. The number of para-hydroxylation sites is 1. The summed E-state index contributed by atoms with van der Waals surface area (Å²) in [5, 5.41) is 2.95. The number of nitrogens with one attached hydrogen (secondary N) is 1. The lowest BCUT2D eigenvalue weighted by molar-refractivity contribution is -0.132. The molecule has 0 aliphatic carbocycles. The first kappa shape index (κ1) is 25.7. The first-order valence-electron chi connectivity index (χ1n) is 12.6. The lowest BCUT2D eigenvalue weighted by Gasteiger charge is -2.26. The van der Waals surface area contributed by atoms with Gasteiger partial charge < -0.3 is 24.8 Å². The maximum Gasteiger partial charge on any atom is 0.318 e. The molecule has 4 rings (SSSR count). The molecule has 2 aliphatic rings. The van der Waals surface area contributed by atoms with Gasteiger partial charge in [-0.1, -0.05) is 24.3 Å². The number of amides is 4. The molecule has 2 aromatic carbocycles. The number of aryl methyl sites for hydroxylation is 2. The van der Waals surface area contributed by atoms with Crippen LogP contribution in [0.4, 0.5) is 10.5 Å². The van der Waals surface area contributed by atoms with Crippen LogP contribution in [0, 0.1) is 6.92 Å². The maximum absolute atomic E-state index is 13.4. The number of hydrogen-bond donors (Lipinski definition) is 1. The molecule has 36 heavy (non-hydrogen) atoms. The summed E-state index contributed by atoms with van der Waals surface area (Å²) in [5.41, 5.74) is 4.70. The van der Waals surface area contributed by atoms with Gasteiger partial charge in [0.15, 0.2) is 0 Å². The van der Waals surface area contributed by atoms with Gasteiger partial charge in [-0.15, -0.1) is 0 Å². The minimum absolute atomic E-state index is 0.00394. The highest BCUT2D eigenvalue weighted by atomic mass is 16.5. The number of methoxy groups -OCH3 is 1. The second kappa shape index (κ2) is 11.1. The van der Waals surface area contributed by atoms with E-state index in [1.807, 2.05) is 48.2 Å². The molecule has 4 amide bonds. The fraction of sp³-hybridized carbons (Fsp3) is 0.464. The number of fused-ring (bicyclic) bond motifs is 1. The zero-order chi connectivity index (χ0) is 25.8. The highest BCUT2D eigenvalue weighted by molar-refractivity contribution is 6.06. The third kappa shape index (κ3) is 5.38. The first-order chi connectivity index (χ1) is 17.3. The van der Waals surface area contributed by atoms with Gasteiger partial charge in [-0.3, -0.25) is 9.59 Å². The average Bonchev–Trinajstić information content (AvgIpc) is 3.20. The largest absolute Gasteiger partial charge is 0.380 e. The number of likely N-dealkylation sites (tertiary alicyclic amines) is 1. The van der Waals surface area contributed by atoms with E-state index in [4.69, 9.17) is 4.74 Å². The van der Waals surface area contributed by atoms with Gasteiger partial charge in [0.05, 0.1) is 6.10 Å². The van der Waals surface area contributed by atoms with Crippen molar-refractivity contribution in [3.05, 3.63) is 64.7 Å². The standard InChI is InChI=1S/C28H36N4O4/c1-19-15-21(26(33)31-14-8-7-10-20-9-5-6-11-24(20)31)12-13-22(19)17-29-28(35)32-18-23(36-4)16-25(32)27(34)30(2)3/h5-6,9,11-13,15,23,25H,7-8,10,14,16-18H2,1-4H3,(H,29,35)/t23-,25+/m1/s1. The molecule has 0 unspecified atom stereocenters. The van der Waals surface area contributed by atoms with Crippen LogP contribution >= 0.6 is 0 Å². The fourth-order valence-electron chi connectivity index (χ4n) is 5.08. The van der Waals surface area contributed by atoms with E-state index < -0.39 is 6.04 Å². The van der Waals surface area contributed by atoms with Gasteiger partial charge >= 0.3 is 6.03 Å². The summed E-state index contributed by atoms with van der Waals surface area (Å²) < 4.78 is 5.42. The van der Waals surface area contributed by atoms with E-state index in [-0.39, 0.29) is 23.9 Å². The molecule has 192 valence electrons. The van der Waals surface area contributed by atoms with E-state index in [1.165, 1.54) is 10.5 Å². The summed E-state index contributed by atoms with van der Waals surface area (Å²) in [6.07, 6.45) is 3.35. The van der Waals surface area contributed by atoms with Crippen molar-refractivity contribution >= 4 is 23.5 Å². The first-order valence-corrected chi connectivity index (χ1v) is 12.6. The van der Waals surface area contributed by atoms with E-state index in [0.717, 1.165) is 36.1 Å². The van der Waals surface area contributed by atoms with Crippen LogP contribution in [0.5, 0.6) is 0 Å². The Morgan fingerprint density at radius 3 is 2.61 bits per heavy atom. The van der Waals surface area contributed by atoms with E-state index in [0.29, 0.717) is 31.6 Å². The van der Waals surface area contributed by atoms with E-state index in [2.05, 4.69) is 11.4 Å². The number of benzene rings is 2. The van der Waals surface area contributed by atoms with Gasteiger partial charge in [-0.25, -0.2) is 4.79 Å². The average molecular weight is 493 g/mol. The monoisotopic (exact) mass is 492 g/mol. The molecule has 2 aliphatic heterocycles. The molecule has 0 spiro atoms. The normalized spacial score (nSPS) is 19.4. The SMILES string of the molecule is CO[C@@H]1C[C@@H](C(=O)N(C)C)N(C(=O)NCc2ccc(C(=O)N3CCCCc4ccccc43)cc2C)C1. The fourth-order valence-corrected chi connectivity index (χ4v) is 5.08. The summed E-state index contributed by atoms with van der Waals surface area (Å²) in [5.74, 6) is -0.116. The third-order valence-electron chi connectivity index (χ3n) is 7.21. The van der Waals surface area contributed by atoms with Gasteiger partial charge in [0, 0.05) is 58.5 Å². The number of urea groups is 1. The van der Waals surface area contributed by atoms with E-state index in [1.54, 1.807) is 26.1 Å². The molecule has 2 heterocycles. The number of rotatable bonds is 5. The van der Waals surface area contributed by atoms with E-state index in [9.17, 15) is 14.4 Å². The molecule has 0 radical (unpaired) electrons. The van der Waals surface area contributed by atoms with E-state index >= 15 is 0 Å². The molecule has 0 saturated carbocycles. The third-order valence-corrected chi connectivity index (χ3v) is 7.21. The highest BCUT2D eigenvalue weighted by Gasteiger charge is 2.40. The molecule has 8 heteroatoms. The molecular formula is C28H36N4O4. The number of carbonyl (C=O) groups is 3. The molecule has 2 aromatic rings. The van der Waals surface area contributed by atoms with Gasteiger partial charge in [-0.2, -0.15) is 0 Å². The minimum Gasteiger partial charge on any atom is -0.380 e. The molecule has 1 saturated heterocycles. The number of carbonyl (C=O) groups excluding carboxylic acids is 3. The van der Waals surface area contributed by atoms with Crippen LogP contribution in [0.1, 0.15) is 46.3 Å². The number of nitrogens with zero attached hydrogens (tertiary/aromatic N) is 3. The minimum atomic E-state index is -0.539. The van der Waals surface area contributed by atoms with Crippen LogP contribution in [0.25, 0.3) is 0 Å². The number of hydrogen-bond acceptors (Lipinski definition) is 4. The Labute approximate surface area is 213 Å². The molecule has 2 atom stereocenters. The van der Waals surface area contributed by atoms with Crippen molar-refractivity contribution in [1.29, 1.82) is 0 Å². The number of anilines is 1. The van der Waals surface area contributed by atoms with Gasteiger partial charge in [0.25, 0.3) is 5.91 Å². The Balaban J connectivity index is 1.44. The summed E-state index contributed by atoms with van der Waals surface area (Å²) in [7, 11) is 4.98. The predicted molar refractivity (Wildman–Crippen MR) is 139 cm³/mol. The Morgan fingerprint density at radius 1 is 1.11 bits per heavy atom. The van der Waals surface area contributed by atoms with Crippen LogP contribution in [0.3, 0.4) is 0 Å². The van der Waals surface area contributed by atoms with Gasteiger partial charge in [0.1, 0.15) is 6.04 Å². The second-order valence-electron chi connectivity index (χ2n) is 9.84. The Bertz CT molecular complexity index is 1130. The van der Waals surface area contributed by atoms with Crippen LogP contribution in [-0.4, -0.2) is 74.1 Å². The quantitative estimate of drug-likeness (QED) is 0.694. The smallest absolute Gasteiger partial charge is 0.318 e. The van der Waals surface area contributed by atoms with Crippen molar-refractivity contribution < 1.29 is 19.1 Å². The van der Waals surface area contributed by atoms with Crippen LogP contribution in [0.2, 0.25) is 0 Å². The lowest BCUT2D eigenvalue weighted by atomic mass is 10.0. The van der Waals surface area contributed by atoms with Crippen LogP contribution < -0.4 is 10.2 Å². The predicted octanol–water partition coefficient (Wildman–Crippen LogP) is 3.37. The van der Waals surface area contributed by atoms with Gasteiger partial charge in [-0.05, 0) is 61.1 Å². The van der Waals surface area contributed by atoms with Crippen molar-refractivity contribution in [3.8, 4) is 0 Å². The summed E-state index contributed by atoms with van der Waals surface area (Å²) in [6, 6.07) is 12.9. The number of likely N-dealkylation sites (N-methyl/N-ethyl adjacent to an activating group) is 1.